The van der Waals surface area contributed by atoms with Crippen molar-refractivity contribution in [2.45, 2.75) is 39.8 Å². The number of allylic oxidation sites excluding steroid dienone is 1. The van der Waals surface area contributed by atoms with Crippen LogP contribution in [-0.4, -0.2) is 54.3 Å². The third-order valence-corrected chi connectivity index (χ3v) is 8.38. The summed E-state index contributed by atoms with van der Waals surface area (Å²) in [6.07, 6.45) is 1.78. The Morgan fingerprint density at radius 2 is 1.77 bits per heavy atom. The number of ether oxygens (including phenoxy) is 2. The molecule has 3 aromatic rings. The van der Waals surface area contributed by atoms with Gasteiger partial charge in [-0.2, -0.15) is 4.99 Å². The number of fused-ring (bicyclic) bond motifs is 1. The molecule has 0 radical (unpaired) electrons. The molecule has 5 rings (SSSR count). The molecular weight excluding hydrogens is 559 g/mol. The smallest absolute Gasteiger partial charge is 0.317 e. The van der Waals surface area contributed by atoms with E-state index in [-0.39, 0.29) is 24.9 Å². The van der Waals surface area contributed by atoms with Crippen LogP contribution in [0.4, 0.5) is 4.39 Å². The van der Waals surface area contributed by atoms with Gasteiger partial charge in [0.25, 0.3) is 0 Å². The first-order chi connectivity index (χ1) is 21.0. The van der Waals surface area contributed by atoms with Crippen molar-refractivity contribution < 1.29 is 23.3 Å². The number of carbonyl (C=O) groups excluding carboxylic acids is 1. The number of hydrogen-bond acceptors (Lipinski definition) is 7. The van der Waals surface area contributed by atoms with Gasteiger partial charge in [0.05, 0.1) is 32.3 Å². The lowest BCUT2D eigenvalue weighted by Gasteiger charge is -2.46. The van der Waals surface area contributed by atoms with Crippen LogP contribution in [0, 0.1) is 16.4 Å². The zero-order chi connectivity index (χ0) is 31.6. The normalized spacial score (nSPS) is 19.9. The Kier molecular flexibility index (Phi) is 8.74. The van der Waals surface area contributed by atoms with Crippen LogP contribution in [-0.2, 0) is 22.5 Å². The summed E-state index contributed by atoms with van der Waals surface area (Å²) in [5, 5.41) is 15.4. The number of benzene rings is 3. The van der Waals surface area contributed by atoms with Gasteiger partial charge in [0.2, 0.25) is 0 Å². The summed E-state index contributed by atoms with van der Waals surface area (Å²) in [7, 11) is 4.88. The van der Waals surface area contributed by atoms with Gasteiger partial charge in [0.15, 0.2) is 0 Å². The molecule has 0 N–H and O–H groups in total. The van der Waals surface area contributed by atoms with Gasteiger partial charge in [-0.25, -0.2) is 4.39 Å². The van der Waals surface area contributed by atoms with E-state index in [9.17, 15) is 9.18 Å². The maximum atomic E-state index is 15.4. The first-order valence-electron chi connectivity index (χ1n) is 14.6. The monoisotopic (exact) mass is 598 g/mol. The number of aliphatic imine (C=N–C) groups is 1. The van der Waals surface area contributed by atoms with Gasteiger partial charge in [-0.3, -0.25) is 19.2 Å². The molecule has 0 aliphatic carbocycles. The predicted octanol–water partition coefficient (Wildman–Crippen LogP) is 6.52. The molecule has 8 nitrogen and oxygen atoms in total. The van der Waals surface area contributed by atoms with Crippen molar-refractivity contribution in [2.24, 2.45) is 10.4 Å². The van der Waals surface area contributed by atoms with Gasteiger partial charge >= 0.3 is 11.9 Å². The predicted molar refractivity (Wildman–Crippen MR) is 168 cm³/mol. The second-order valence-electron chi connectivity index (χ2n) is 11.9. The number of halogens is 1. The molecule has 0 spiro atoms. The van der Waals surface area contributed by atoms with Crippen molar-refractivity contribution >= 4 is 11.9 Å². The highest BCUT2D eigenvalue weighted by Gasteiger charge is 2.54. The van der Waals surface area contributed by atoms with Crippen LogP contribution >= 0.6 is 0 Å². The summed E-state index contributed by atoms with van der Waals surface area (Å²) in [4.78, 5) is 22.1. The van der Waals surface area contributed by atoms with Crippen LogP contribution < -0.4 is 4.74 Å². The SMILES string of the molecule is COC(=O)C(C)(C)C1=C[N+]2([O-])C(=NC(Cc3ccccc3F)=C(C)C2c2cccc(OC)c2)N1CN(C)Cc1ccccc1. The van der Waals surface area contributed by atoms with E-state index in [0.717, 1.165) is 11.1 Å². The molecule has 0 bridgehead atoms. The minimum absolute atomic E-state index is 0.200. The van der Waals surface area contributed by atoms with Gasteiger partial charge in [0, 0.05) is 24.1 Å². The van der Waals surface area contributed by atoms with Crippen LogP contribution in [0.2, 0.25) is 0 Å². The van der Waals surface area contributed by atoms with Crippen LogP contribution in [0.25, 0.3) is 0 Å². The Hall–Kier alpha value is -4.31. The number of hydrogen-bond donors (Lipinski definition) is 0. The molecule has 9 heteroatoms. The van der Waals surface area contributed by atoms with E-state index in [0.29, 0.717) is 34.8 Å². The number of rotatable bonds is 10. The van der Waals surface area contributed by atoms with E-state index < -0.39 is 22.1 Å². The molecule has 230 valence electrons. The second-order valence-corrected chi connectivity index (χ2v) is 11.9. The topological polar surface area (TPSA) is 77.4 Å². The lowest BCUT2D eigenvalue weighted by Crippen LogP contribution is -2.53. The van der Waals surface area contributed by atoms with Gasteiger partial charge in [-0.05, 0) is 57.1 Å². The van der Waals surface area contributed by atoms with E-state index in [1.165, 1.54) is 13.2 Å². The lowest BCUT2D eigenvalue weighted by atomic mass is 9.89. The van der Waals surface area contributed by atoms with E-state index in [4.69, 9.17) is 14.5 Å². The van der Waals surface area contributed by atoms with Crippen molar-refractivity contribution in [1.29, 1.82) is 0 Å². The fourth-order valence-electron chi connectivity index (χ4n) is 6.06. The molecule has 0 aromatic heterocycles. The second kappa shape index (κ2) is 12.4. The van der Waals surface area contributed by atoms with Crippen LogP contribution in [0.1, 0.15) is 43.5 Å². The fraction of sp³-hybridized carbons (Fsp3) is 0.314. The molecule has 2 unspecified atom stereocenters. The molecule has 2 aliphatic rings. The molecule has 0 saturated heterocycles. The highest BCUT2D eigenvalue weighted by atomic mass is 19.1. The number of carbonyl (C=O) groups is 1. The number of nitrogens with zero attached hydrogens (tertiary/aromatic N) is 4. The van der Waals surface area contributed by atoms with E-state index >= 15 is 5.21 Å². The average Bonchev–Trinajstić information content (AvgIpc) is 3.30. The molecular formula is C35H39FN4O4. The number of methoxy groups -OCH3 is 2. The van der Waals surface area contributed by atoms with Crippen molar-refractivity contribution in [3.63, 3.8) is 0 Å². The zero-order valence-electron chi connectivity index (χ0n) is 26.1. The summed E-state index contributed by atoms with van der Waals surface area (Å²) < 4.78 is 24.7. The average molecular weight is 599 g/mol. The van der Waals surface area contributed by atoms with Crippen LogP contribution in [0.3, 0.4) is 0 Å². The van der Waals surface area contributed by atoms with E-state index in [1.807, 2.05) is 73.5 Å². The van der Waals surface area contributed by atoms with Crippen molar-refractivity contribution in [2.75, 3.05) is 27.9 Å². The summed E-state index contributed by atoms with van der Waals surface area (Å²) in [6.45, 7) is 6.26. The first kappa shape index (κ1) is 31.1. The van der Waals surface area contributed by atoms with Crippen molar-refractivity contribution in [3.8, 4) is 5.75 Å². The minimum atomic E-state index is -1.17. The highest BCUT2D eigenvalue weighted by molar-refractivity contribution is 5.86. The summed E-state index contributed by atoms with van der Waals surface area (Å²) in [5.74, 6) is 0.0117. The maximum Gasteiger partial charge on any atom is 0.317 e. The molecule has 3 aromatic carbocycles. The molecule has 0 fully saturated rings. The van der Waals surface area contributed by atoms with Gasteiger partial charge in [-0.15, -0.1) is 0 Å². The Morgan fingerprint density at radius 1 is 1.07 bits per heavy atom. The Labute approximate surface area is 258 Å². The van der Waals surface area contributed by atoms with Gasteiger partial charge in [0.1, 0.15) is 29.2 Å². The third-order valence-electron chi connectivity index (χ3n) is 8.38. The molecule has 0 amide bonds. The van der Waals surface area contributed by atoms with E-state index in [2.05, 4.69) is 4.90 Å². The molecule has 0 saturated carbocycles. The molecule has 2 heterocycles. The zero-order valence-corrected chi connectivity index (χ0v) is 26.1. The summed E-state index contributed by atoms with van der Waals surface area (Å²) in [6, 6.07) is 23.3. The number of guanidine groups is 1. The highest BCUT2D eigenvalue weighted by Crippen LogP contribution is 2.49. The molecule has 44 heavy (non-hydrogen) atoms. The molecule has 2 atom stereocenters. The standard InChI is InChI=1S/C35H39FN4O4/c1-24-30(20-26-15-10-11-18-29(26)36)37-34-39(23-38(4)21-25-13-8-7-9-14-25)31(35(2,3)33(41)44-6)22-40(34,42)32(24)27-16-12-17-28(19-27)43-5/h7-19,22,32H,20-21,23H2,1-6H3. The van der Waals surface area contributed by atoms with Gasteiger partial charge < -0.3 is 14.7 Å². The van der Waals surface area contributed by atoms with Crippen molar-refractivity contribution in [1.82, 2.24) is 9.80 Å². The van der Waals surface area contributed by atoms with Crippen molar-refractivity contribution in [3.05, 3.63) is 130 Å². The quantitative estimate of drug-likeness (QED) is 0.150. The number of quaternary nitrogens is 1. The number of hydroxylamine groups is 3. The Balaban J connectivity index is 1.68. The lowest BCUT2D eigenvalue weighted by molar-refractivity contribution is -0.765. The first-order valence-corrected chi connectivity index (χ1v) is 14.6. The Bertz CT molecular complexity index is 1630. The largest absolute Gasteiger partial charge is 0.619 e. The van der Waals surface area contributed by atoms with Gasteiger partial charge in [-0.1, -0.05) is 60.7 Å². The van der Waals surface area contributed by atoms with E-state index in [1.54, 1.807) is 45.4 Å². The Morgan fingerprint density at radius 3 is 2.45 bits per heavy atom. The summed E-state index contributed by atoms with van der Waals surface area (Å²) >= 11 is 0. The number of esters is 1. The maximum absolute atomic E-state index is 15.4. The fourth-order valence-corrected chi connectivity index (χ4v) is 6.06. The molecule has 2 aliphatic heterocycles. The third kappa shape index (κ3) is 5.78. The van der Waals surface area contributed by atoms with Crippen LogP contribution in [0.15, 0.2) is 107 Å². The minimum Gasteiger partial charge on any atom is -0.619 e. The summed E-state index contributed by atoms with van der Waals surface area (Å²) in [5.41, 5.74) is 2.94. The van der Waals surface area contributed by atoms with Crippen LogP contribution in [0.5, 0.6) is 5.75 Å².